The van der Waals surface area contributed by atoms with Crippen LogP contribution in [0.2, 0.25) is 0 Å². The Morgan fingerprint density at radius 2 is 2.06 bits per heavy atom. The van der Waals surface area contributed by atoms with Crippen molar-refractivity contribution >= 4 is 11.5 Å². The standard InChI is InChI=1S/C13H21N3/c1-10(13(2)7-8-13)15-11-5-6-12(14-9-11)16(3)4/h5-6,9-10,15H,7-8H2,1-4H3. The van der Waals surface area contributed by atoms with Crippen LogP contribution in [0.25, 0.3) is 0 Å². The summed E-state index contributed by atoms with van der Waals surface area (Å²) in [5.41, 5.74) is 1.62. The van der Waals surface area contributed by atoms with Gasteiger partial charge in [0.05, 0.1) is 11.9 Å². The predicted octanol–water partition coefficient (Wildman–Crippen LogP) is 2.75. The van der Waals surface area contributed by atoms with E-state index in [4.69, 9.17) is 0 Å². The summed E-state index contributed by atoms with van der Waals surface area (Å²) in [6.45, 7) is 4.60. The predicted molar refractivity (Wildman–Crippen MR) is 69.0 cm³/mol. The second-order valence-corrected chi connectivity index (χ2v) is 5.32. The fourth-order valence-corrected chi connectivity index (χ4v) is 1.79. The first kappa shape index (κ1) is 11.2. The van der Waals surface area contributed by atoms with Gasteiger partial charge in [-0.1, -0.05) is 6.92 Å². The van der Waals surface area contributed by atoms with Gasteiger partial charge in [0.2, 0.25) is 0 Å². The number of hydrogen-bond donors (Lipinski definition) is 1. The third-order valence-electron chi connectivity index (χ3n) is 3.67. The number of aromatic nitrogens is 1. The molecule has 0 amide bonds. The van der Waals surface area contributed by atoms with E-state index in [1.807, 2.05) is 31.3 Å². The highest BCUT2D eigenvalue weighted by Crippen LogP contribution is 2.48. The van der Waals surface area contributed by atoms with Gasteiger partial charge in [-0.25, -0.2) is 4.98 Å². The van der Waals surface area contributed by atoms with Crippen molar-refractivity contribution in [3.63, 3.8) is 0 Å². The van der Waals surface area contributed by atoms with Crippen molar-refractivity contribution in [3.8, 4) is 0 Å². The highest BCUT2D eigenvalue weighted by Gasteiger charge is 2.42. The molecule has 0 radical (unpaired) electrons. The Morgan fingerprint density at radius 1 is 1.38 bits per heavy atom. The number of pyridine rings is 1. The van der Waals surface area contributed by atoms with Gasteiger partial charge < -0.3 is 10.2 Å². The number of anilines is 2. The maximum absolute atomic E-state index is 4.40. The van der Waals surface area contributed by atoms with Gasteiger partial charge in [0.25, 0.3) is 0 Å². The molecule has 1 N–H and O–H groups in total. The van der Waals surface area contributed by atoms with E-state index in [9.17, 15) is 0 Å². The molecule has 2 rings (SSSR count). The Hall–Kier alpha value is -1.25. The van der Waals surface area contributed by atoms with Crippen LogP contribution in [0.1, 0.15) is 26.7 Å². The summed E-state index contributed by atoms with van der Waals surface area (Å²) in [5, 5.41) is 3.53. The molecule has 0 saturated heterocycles. The second kappa shape index (κ2) is 3.96. The minimum atomic E-state index is 0.500. The Bertz CT molecular complexity index is 352. The van der Waals surface area contributed by atoms with Crippen LogP contribution < -0.4 is 10.2 Å². The SMILES string of the molecule is CC(Nc1ccc(N(C)C)nc1)C1(C)CC1. The van der Waals surface area contributed by atoms with E-state index in [2.05, 4.69) is 30.2 Å². The maximum Gasteiger partial charge on any atom is 0.128 e. The molecule has 1 saturated carbocycles. The maximum atomic E-state index is 4.40. The number of hydrogen-bond acceptors (Lipinski definition) is 3. The molecule has 1 aliphatic rings. The van der Waals surface area contributed by atoms with E-state index in [1.165, 1.54) is 12.8 Å². The zero-order valence-electron chi connectivity index (χ0n) is 10.6. The van der Waals surface area contributed by atoms with Crippen molar-refractivity contribution in [2.45, 2.75) is 32.7 Å². The van der Waals surface area contributed by atoms with Gasteiger partial charge in [-0.2, -0.15) is 0 Å². The average Bonchev–Trinajstić information content (AvgIpc) is 2.99. The molecule has 1 aromatic heterocycles. The van der Waals surface area contributed by atoms with Crippen molar-refractivity contribution in [1.29, 1.82) is 0 Å². The molecular weight excluding hydrogens is 198 g/mol. The average molecular weight is 219 g/mol. The summed E-state index contributed by atoms with van der Waals surface area (Å²) in [6, 6.07) is 4.67. The van der Waals surface area contributed by atoms with E-state index in [0.717, 1.165) is 11.5 Å². The molecule has 16 heavy (non-hydrogen) atoms. The van der Waals surface area contributed by atoms with Crippen LogP contribution in [-0.4, -0.2) is 25.1 Å². The second-order valence-electron chi connectivity index (χ2n) is 5.32. The summed E-state index contributed by atoms with van der Waals surface area (Å²) in [7, 11) is 4.01. The van der Waals surface area contributed by atoms with Gasteiger partial charge >= 0.3 is 0 Å². The summed E-state index contributed by atoms with van der Waals surface area (Å²) < 4.78 is 0. The molecule has 0 bridgehead atoms. The lowest BCUT2D eigenvalue weighted by Crippen LogP contribution is -2.25. The lowest BCUT2D eigenvalue weighted by molar-refractivity contribution is 0.493. The van der Waals surface area contributed by atoms with Crippen LogP contribution in [0.3, 0.4) is 0 Å². The summed E-state index contributed by atoms with van der Waals surface area (Å²) in [6.07, 6.45) is 4.59. The Labute approximate surface area is 97.9 Å². The molecule has 1 aromatic rings. The van der Waals surface area contributed by atoms with E-state index in [1.54, 1.807) is 0 Å². The molecule has 0 spiro atoms. The molecule has 88 valence electrons. The Morgan fingerprint density at radius 3 is 2.50 bits per heavy atom. The molecule has 1 unspecified atom stereocenters. The Kier molecular flexibility index (Phi) is 2.78. The normalized spacial score (nSPS) is 19.0. The van der Waals surface area contributed by atoms with E-state index in [0.29, 0.717) is 11.5 Å². The molecule has 1 fully saturated rings. The van der Waals surface area contributed by atoms with Crippen molar-refractivity contribution in [2.75, 3.05) is 24.3 Å². The third kappa shape index (κ3) is 2.29. The van der Waals surface area contributed by atoms with Gasteiger partial charge in [0, 0.05) is 20.1 Å². The molecule has 1 aliphatic carbocycles. The highest BCUT2D eigenvalue weighted by molar-refractivity contribution is 5.48. The minimum absolute atomic E-state index is 0.500. The van der Waals surface area contributed by atoms with E-state index < -0.39 is 0 Å². The van der Waals surface area contributed by atoms with Gasteiger partial charge in [-0.05, 0) is 37.3 Å². The largest absolute Gasteiger partial charge is 0.381 e. The van der Waals surface area contributed by atoms with Crippen LogP contribution in [0.15, 0.2) is 18.3 Å². The summed E-state index contributed by atoms with van der Waals surface area (Å²) in [5.74, 6) is 0.996. The molecule has 1 atom stereocenters. The number of nitrogens with zero attached hydrogens (tertiary/aromatic N) is 2. The number of rotatable bonds is 4. The van der Waals surface area contributed by atoms with Crippen LogP contribution in [0.5, 0.6) is 0 Å². The monoisotopic (exact) mass is 219 g/mol. The van der Waals surface area contributed by atoms with E-state index >= 15 is 0 Å². The molecular formula is C13H21N3. The topological polar surface area (TPSA) is 28.2 Å². The van der Waals surface area contributed by atoms with Gasteiger partial charge in [0.1, 0.15) is 5.82 Å². The van der Waals surface area contributed by atoms with Crippen LogP contribution in [0.4, 0.5) is 11.5 Å². The lowest BCUT2D eigenvalue weighted by atomic mass is 10.0. The van der Waals surface area contributed by atoms with Crippen LogP contribution in [0, 0.1) is 5.41 Å². The van der Waals surface area contributed by atoms with Crippen molar-refractivity contribution < 1.29 is 0 Å². The fourth-order valence-electron chi connectivity index (χ4n) is 1.79. The smallest absolute Gasteiger partial charge is 0.128 e. The van der Waals surface area contributed by atoms with E-state index in [-0.39, 0.29) is 0 Å². The van der Waals surface area contributed by atoms with Crippen molar-refractivity contribution in [2.24, 2.45) is 5.41 Å². The third-order valence-corrected chi connectivity index (χ3v) is 3.67. The zero-order chi connectivity index (χ0) is 11.8. The van der Waals surface area contributed by atoms with Crippen LogP contribution in [-0.2, 0) is 0 Å². The summed E-state index contributed by atoms with van der Waals surface area (Å²) >= 11 is 0. The minimum Gasteiger partial charge on any atom is -0.381 e. The van der Waals surface area contributed by atoms with Gasteiger partial charge in [-0.3, -0.25) is 0 Å². The van der Waals surface area contributed by atoms with Crippen molar-refractivity contribution in [3.05, 3.63) is 18.3 Å². The highest BCUT2D eigenvalue weighted by atomic mass is 15.1. The molecule has 3 heteroatoms. The lowest BCUT2D eigenvalue weighted by Gasteiger charge is -2.21. The fraction of sp³-hybridized carbons (Fsp3) is 0.615. The van der Waals surface area contributed by atoms with Gasteiger partial charge in [-0.15, -0.1) is 0 Å². The molecule has 3 nitrogen and oxygen atoms in total. The van der Waals surface area contributed by atoms with Crippen molar-refractivity contribution in [1.82, 2.24) is 4.98 Å². The first-order valence-electron chi connectivity index (χ1n) is 5.91. The van der Waals surface area contributed by atoms with Gasteiger partial charge in [0.15, 0.2) is 0 Å². The molecule has 0 aromatic carbocycles. The molecule has 1 heterocycles. The summed E-state index contributed by atoms with van der Waals surface area (Å²) in [4.78, 5) is 6.41. The first-order chi connectivity index (χ1) is 7.51. The molecule has 0 aliphatic heterocycles. The quantitative estimate of drug-likeness (QED) is 0.844. The van der Waals surface area contributed by atoms with Crippen LogP contribution >= 0.6 is 0 Å². The Balaban J connectivity index is 1.99. The zero-order valence-corrected chi connectivity index (χ0v) is 10.6. The first-order valence-corrected chi connectivity index (χ1v) is 5.91. The number of nitrogens with one attached hydrogen (secondary N) is 1.